The smallest absolute Gasteiger partial charge is 0.231 e. The van der Waals surface area contributed by atoms with Gasteiger partial charge in [0.05, 0.1) is 11.9 Å². The minimum absolute atomic E-state index is 0.0165. The quantitative estimate of drug-likeness (QED) is 0.756. The van der Waals surface area contributed by atoms with Crippen molar-refractivity contribution >= 4 is 11.7 Å². The van der Waals surface area contributed by atoms with E-state index < -0.39 is 0 Å². The van der Waals surface area contributed by atoms with Crippen LogP contribution in [0.1, 0.15) is 34.6 Å². The van der Waals surface area contributed by atoms with Crippen molar-refractivity contribution in [1.82, 2.24) is 9.78 Å². The second-order valence-corrected chi connectivity index (χ2v) is 7.00. The molecule has 0 radical (unpaired) electrons. The van der Waals surface area contributed by atoms with Crippen LogP contribution >= 0.6 is 0 Å². The lowest BCUT2D eigenvalue weighted by atomic mass is 9.87. The van der Waals surface area contributed by atoms with Crippen LogP contribution in [0.3, 0.4) is 0 Å². The Morgan fingerprint density at radius 2 is 2.00 bits per heavy atom. The molecule has 1 amide bonds. The van der Waals surface area contributed by atoms with Gasteiger partial charge in [0.1, 0.15) is 5.82 Å². The predicted octanol–water partition coefficient (Wildman–Crippen LogP) is 3.69. The largest absolute Gasteiger partial charge is 0.454 e. The summed E-state index contributed by atoms with van der Waals surface area (Å²) in [6, 6.07) is 12.0. The van der Waals surface area contributed by atoms with Gasteiger partial charge in [-0.25, -0.2) is 4.68 Å². The average molecular weight is 361 g/mol. The fourth-order valence-corrected chi connectivity index (χ4v) is 3.79. The van der Waals surface area contributed by atoms with E-state index in [9.17, 15) is 4.79 Å². The summed E-state index contributed by atoms with van der Waals surface area (Å²) in [4.78, 5) is 12.5. The molecule has 0 bridgehead atoms. The Morgan fingerprint density at radius 1 is 1.15 bits per heavy atom. The van der Waals surface area contributed by atoms with Gasteiger partial charge in [-0.05, 0) is 48.7 Å². The summed E-state index contributed by atoms with van der Waals surface area (Å²) in [6.45, 7) is 4.38. The summed E-state index contributed by atoms with van der Waals surface area (Å²) in [7, 11) is 0. The number of ether oxygens (including phenoxy) is 2. The number of hydrogen-bond donors (Lipinski definition) is 1. The molecule has 1 N–H and O–H groups in total. The van der Waals surface area contributed by atoms with Crippen molar-refractivity contribution in [2.24, 2.45) is 0 Å². The van der Waals surface area contributed by atoms with E-state index in [2.05, 4.69) is 30.3 Å². The second kappa shape index (κ2) is 5.87. The van der Waals surface area contributed by atoms with Crippen LogP contribution in [0.25, 0.3) is 5.69 Å². The van der Waals surface area contributed by atoms with E-state index in [4.69, 9.17) is 9.47 Å². The molecule has 1 atom stereocenters. The fourth-order valence-electron chi connectivity index (χ4n) is 3.79. The van der Waals surface area contributed by atoms with E-state index in [1.165, 1.54) is 5.56 Å². The normalized spacial score (nSPS) is 17.6. The van der Waals surface area contributed by atoms with Gasteiger partial charge >= 0.3 is 0 Å². The first-order valence-corrected chi connectivity index (χ1v) is 8.96. The summed E-state index contributed by atoms with van der Waals surface area (Å²) in [6.07, 6.45) is 2.23. The topological polar surface area (TPSA) is 65.4 Å². The van der Waals surface area contributed by atoms with Crippen LogP contribution in [-0.4, -0.2) is 22.5 Å². The van der Waals surface area contributed by atoms with Crippen molar-refractivity contribution in [2.75, 3.05) is 12.1 Å². The molecule has 0 saturated carbocycles. The molecular formula is C21H19N3O3. The van der Waals surface area contributed by atoms with Gasteiger partial charge in [0, 0.05) is 17.9 Å². The Morgan fingerprint density at radius 3 is 2.89 bits per heavy atom. The molecule has 1 unspecified atom stereocenters. The molecule has 3 aromatic rings. The summed E-state index contributed by atoms with van der Waals surface area (Å²) in [5.74, 6) is 2.12. The minimum Gasteiger partial charge on any atom is -0.454 e. The number of nitrogens with zero attached hydrogens (tertiary/aromatic N) is 2. The maximum atomic E-state index is 12.5. The van der Waals surface area contributed by atoms with E-state index in [1.807, 2.05) is 41.2 Å². The van der Waals surface area contributed by atoms with E-state index in [1.54, 1.807) is 0 Å². The highest BCUT2D eigenvalue weighted by Crippen LogP contribution is 2.42. The summed E-state index contributed by atoms with van der Waals surface area (Å²) in [5.41, 5.74) is 5.34. The molecule has 1 aromatic heterocycles. The monoisotopic (exact) mass is 361 g/mol. The van der Waals surface area contributed by atoms with Crippen LogP contribution in [0, 0.1) is 13.8 Å². The van der Waals surface area contributed by atoms with E-state index in [0.29, 0.717) is 6.42 Å². The number of aromatic nitrogens is 2. The zero-order chi connectivity index (χ0) is 18.5. The number of nitrogens with one attached hydrogen (secondary N) is 1. The molecule has 136 valence electrons. The predicted molar refractivity (Wildman–Crippen MR) is 101 cm³/mol. The van der Waals surface area contributed by atoms with Crippen LogP contribution < -0.4 is 14.8 Å². The maximum Gasteiger partial charge on any atom is 0.231 e. The highest BCUT2D eigenvalue weighted by Gasteiger charge is 2.31. The fraction of sp³-hybridized carbons (Fsp3) is 0.238. The molecule has 27 heavy (non-hydrogen) atoms. The maximum absolute atomic E-state index is 12.5. The summed E-state index contributed by atoms with van der Waals surface area (Å²) < 4.78 is 12.7. The van der Waals surface area contributed by atoms with Crippen LogP contribution in [-0.2, 0) is 4.79 Å². The van der Waals surface area contributed by atoms with Gasteiger partial charge in [-0.3, -0.25) is 4.79 Å². The van der Waals surface area contributed by atoms with E-state index >= 15 is 0 Å². The average Bonchev–Trinajstić information content (AvgIpc) is 3.29. The van der Waals surface area contributed by atoms with Crippen LogP contribution in [0.15, 0.2) is 42.6 Å². The van der Waals surface area contributed by atoms with Crippen molar-refractivity contribution in [2.45, 2.75) is 26.2 Å². The number of rotatable bonds is 2. The van der Waals surface area contributed by atoms with Crippen molar-refractivity contribution < 1.29 is 14.3 Å². The first-order chi connectivity index (χ1) is 13.1. The SMILES string of the molecule is Cc1cccc(-n2ncc3c2NC(=O)CC3c2ccc3c(c2)OCO3)c1C. The molecular weight excluding hydrogens is 342 g/mol. The number of hydrogen-bond acceptors (Lipinski definition) is 4. The third kappa shape index (κ3) is 2.48. The molecule has 0 aliphatic carbocycles. The number of aryl methyl sites for hydroxylation is 1. The Balaban J connectivity index is 1.62. The lowest BCUT2D eigenvalue weighted by Crippen LogP contribution is -2.24. The number of benzene rings is 2. The van der Waals surface area contributed by atoms with Gasteiger partial charge in [0.2, 0.25) is 12.7 Å². The number of amides is 1. The third-order valence-corrected chi connectivity index (χ3v) is 5.42. The van der Waals surface area contributed by atoms with Gasteiger partial charge in [-0.2, -0.15) is 5.10 Å². The molecule has 0 saturated heterocycles. The van der Waals surface area contributed by atoms with Gasteiger partial charge in [0.15, 0.2) is 11.5 Å². The number of anilines is 1. The van der Waals surface area contributed by atoms with E-state index in [0.717, 1.165) is 39.7 Å². The van der Waals surface area contributed by atoms with Crippen LogP contribution in [0.5, 0.6) is 11.5 Å². The van der Waals surface area contributed by atoms with Gasteiger partial charge in [-0.1, -0.05) is 18.2 Å². The van der Waals surface area contributed by atoms with Crippen molar-refractivity contribution in [3.63, 3.8) is 0 Å². The Hall–Kier alpha value is -3.28. The summed E-state index contributed by atoms with van der Waals surface area (Å²) >= 11 is 0. The Labute approximate surface area is 156 Å². The first kappa shape index (κ1) is 15.9. The van der Waals surface area contributed by atoms with E-state index in [-0.39, 0.29) is 18.6 Å². The molecule has 0 spiro atoms. The molecule has 6 heteroatoms. The lowest BCUT2D eigenvalue weighted by molar-refractivity contribution is -0.116. The lowest BCUT2D eigenvalue weighted by Gasteiger charge is -2.24. The summed E-state index contributed by atoms with van der Waals surface area (Å²) in [5, 5.41) is 7.61. The molecule has 2 aliphatic heterocycles. The zero-order valence-electron chi connectivity index (χ0n) is 15.2. The highest BCUT2D eigenvalue weighted by atomic mass is 16.7. The van der Waals surface area contributed by atoms with Crippen LogP contribution in [0.2, 0.25) is 0 Å². The standard InChI is InChI=1S/C21H19N3O3/c1-12-4-3-5-17(13(12)2)24-21-16(10-22-24)15(9-20(25)23-21)14-6-7-18-19(8-14)27-11-26-18/h3-8,10,15H,9,11H2,1-2H3,(H,23,25). The second-order valence-electron chi connectivity index (χ2n) is 7.00. The van der Waals surface area contributed by atoms with Crippen molar-refractivity contribution in [3.8, 4) is 17.2 Å². The molecule has 3 heterocycles. The molecule has 6 nitrogen and oxygen atoms in total. The van der Waals surface area contributed by atoms with Gasteiger partial charge < -0.3 is 14.8 Å². The molecule has 2 aromatic carbocycles. The number of fused-ring (bicyclic) bond motifs is 2. The van der Waals surface area contributed by atoms with Gasteiger partial charge in [-0.15, -0.1) is 0 Å². The highest BCUT2D eigenvalue weighted by molar-refractivity contribution is 5.94. The van der Waals surface area contributed by atoms with Gasteiger partial charge in [0.25, 0.3) is 0 Å². The molecule has 2 aliphatic rings. The number of carbonyl (C=O) groups is 1. The first-order valence-electron chi connectivity index (χ1n) is 8.96. The Bertz CT molecular complexity index is 1070. The molecule has 5 rings (SSSR count). The molecule has 0 fully saturated rings. The number of carbonyl (C=O) groups excluding carboxylic acids is 1. The van der Waals surface area contributed by atoms with Crippen molar-refractivity contribution in [1.29, 1.82) is 0 Å². The zero-order valence-corrected chi connectivity index (χ0v) is 15.2. The Kier molecular flexibility index (Phi) is 3.47. The minimum atomic E-state index is -0.0675. The van der Waals surface area contributed by atoms with Crippen LogP contribution in [0.4, 0.5) is 5.82 Å². The van der Waals surface area contributed by atoms with Crippen molar-refractivity contribution in [3.05, 3.63) is 64.8 Å². The third-order valence-electron chi connectivity index (χ3n) is 5.42.